The second-order valence-electron chi connectivity index (χ2n) is 5.47. The molecule has 114 valence electrons. The molecule has 0 spiro atoms. The maximum absolute atomic E-state index is 10.8. The van der Waals surface area contributed by atoms with Crippen molar-refractivity contribution in [2.24, 2.45) is 5.92 Å². The maximum Gasteiger partial charge on any atom is 0.335 e. The van der Waals surface area contributed by atoms with Crippen LogP contribution in [0.25, 0.3) is 0 Å². The molecule has 1 aliphatic carbocycles. The number of hydrogen-bond acceptors (Lipinski definition) is 3. The molecule has 0 radical (unpaired) electrons. The molecule has 0 unspecified atom stereocenters. The van der Waals surface area contributed by atoms with E-state index in [1.165, 1.54) is 19.3 Å². The minimum atomic E-state index is -0.932. The Morgan fingerprint density at radius 2 is 1.90 bits per heavy atom. The molecule has 2 atom stereocenters. The summed E-state index contributed by atoms with van der Waals surface area (Å²) in [5, 5.41) is 12.7. The number of rotatable bonds is 4. The molecule has 2 rings (SSSR count). The first-order valence-electron chi connectivity index (χ1n) is 7.22. The predicted octanol–water partition coefficient (Wildman–Crippen LogP) is 2.75. The highest BCUT2D eigenvalue weighted by Gasteiger charge is 2.21. The topological polar surface area (TPSA) is 73.4 Å². The first kappa shape index (κ1) is 15.6. The quantitative estimate of drug-likeness (QED) is 0.506. The second-order valence-corrected chi connectivity index (χ2v) is 5.88. The molecule has 1 aromatic carbocycles. The lowest BCUT2D eigenvalue weighted by Crippen LogP contribution is -2.47. The minimum absolute atomic E-state index is 0.261. The van der Waals surface area contributed by atoms with Crippen LogP contribution in [0.15, 0.2) is 24.3 Å². The molecule has 1 fully saturated rings. The number of carboxylic acid groups (broad SMARTS) is 1. The van der Waals surface area contributed by atoms with E-state index in [2.05, 4.69) is 23.1 Å². The number of nitrogens with one attached hydrogen (secondary N) is 3. The van der Waals surface area contributed by atoms with Gasteiger partial charge >= 0.3 is 5.97 Å². The van der Waals surface area contributed by atoms with Gasteiger partial charge in [-0.2, -0.15) is 0 Å². The third-order valence-electron chi connectivity index (χ3n) is 3.88. The minimum Gasteiger partial charge on any atom is -0.478 e. The predicted molar refractivity (Wildman–Crippen MR) is 87.3 cm³/mol. The van der Waals surface area contributed by atoms with Crippen LogP contribution in [0.5, 0.6) is 0 Å². The third-order valence-corrected chi connectivity index (χ3v) is 4.10. The van der Waals surface area contributed by atoms with Crippen molar-refractivity contribution in [2.45, 2.75) is 38.6 Å². The van der Waals surface area contributed by atoms with Gasteiger partial charge in [-0.3, -0.25) is 10.9 Å². The number of carbonyl (C=O) groups is 1. The first-order chi connectivity index (χ1) is 10.1. The Bertz CT molecular complexity index is 504. The van der Waals surface area contributed by atoms with Crippen molar-refractivity contribution in [3.05, 3.63) is 29.8 Å². The molecule has 1 aliphatic rings. The molecular weight excluding hydrogens is 286 g/mol. The Hall–Kier alpha value is -1.82. The third kappa shape index (κ3) is 4.60. The van der Waals surface area contributed by atoms with Gasteiger partial charge in [0.05, 0.1) is 11.3 Å². The summed E-state index contributed by atoms with van der Waals surface area (Å²) in [6.45, 7) is 2.25. The zero-order valence-corrected chi connectivity index (χ0v) is 12.9. The molecule has 1 saturated carbocycles. The fraction of sp³-hybridized carbons (Fsp3) is 0.467. The van der Waals surface area contributed by atoms with Crippen LogP contribution in [-0.2, 0) is 0 Å². The molecule has 0 bridgehead atoms. The second kappa shape index (κ2) is 7.26. The van der Waals surface area contributed by atoms with E-state index in [-0.39, 0.29) is 5.56 Å². The summed E-state index contributed by atoms with van der Waals surface area (Å²) in [7, 11) is 0. The lowest BCUT2D eigenvalue weighted by Gasteiger charge is -2.30. The smallest absolute Gasteiger partial charge is 0.335 e. The van der Waals surface area contributed by atoms with Gasteiger partial charge < -0.3 is 10.4 Å². The zero-order valence-electron chi connectivity index (χ0n) is 12.1. The standard InChI is InChI=1S/C15H21N3O2S/c1-10-4-2-3-5-13(10)16-15(21)18-17-12-8-6-11(7-9-12)14(19)20/h6-10,13,17H,2-5H2,1H3,(H,19,20)(H2,16,18,21)/t10-,13+/m1/s1. The summed E-state index contributed by atoms with van der Waals surface area (Å²) < 4.78 is 0. The highest BCUT2D eigenvalue weighted by molar-refractivity contribution is 7.80. The van der Waals surface area contributed by atoms with Gasteiger partial charge in [-0.25, -0.2) is 4.79 Å². The van der Waals surface area contributed by atoms with Gasteiger partial charge in [-0.05, 0) is 55.2 Å². The van der Waals surface area contributed by atoms with Gasteiger partial charge in [-0.15, -0.1) is 0 Å². The molecule has 0 heterocycles. The Kier molecular flexibility index (Phi) is 5.38. The Morgan fingerprint density at radius 3 is 2.52 bits per heavy atom. The Balaban J connectivity index is 1.79. The molecule has 0 saturated heterocycles. The lowest BCUT2D eigenvalue weighted by atomic mass is 9.86. The van der Waals surface area contributed by atoms with E-state index >= 15 is 0 Å². The van der Waals surface area contributed by atoms with E-state index in [1.54, 1.807) is 24.3 Å². The van der Waals surface area contributed by atoms with Crippen LogP contribution >= 0.6 is 12.2 Å². The normalized spacial score (nSPS) is 21.4. The summed E-state index contributed by atoms with van der Waals surface area (Å²) in [5.74, 6) is -0.300. The van der Waals surface area contributed by atoms with E-state index in [0.717, 1.165) is 12.1 Å². The Morgan fingerprint density at radius 1 is 1.24 bits per heavy atom. The van der Waals surface area contributed by atoms with Crippen LogP contribution < -0.4 is 16.2 Å². The van der Waals surface area contributed by atoms with Crippen LogP contribution in [-0.4, -0.2) is 22.2 Å². The number of hydrogen-bond donors (Lipinski definition) is 4. The average Bonchev–Trinajstić information content (AvgIpc) is 2.48. The Labute approximate surface area is 130 Å². The van der Waals surface area contributed by atoms with Gasteiger partial charge in [0.15, 0.2) is 5.11 Å². The highest BCUT2D eigenvalue weighted by Crippen LogP contribution is 2.23. The van der Waals surface area contributed by atoms with Crippen molar-refractivity contribution in [3.63, 3.8) is 0 Å². The van der Waals surface area contributed by atoms with Crippen LogP contribution in [0.2, 0.25) is 0 Å². The number of anilines is 1. The van der Waals surface area contributed by atoms with Crippen molar-refractivity contribution in [3.8, 4) is 0 Å². The number of carboxylic acids is 1. The zero-order chi connectivity index (χ0) is 15.2. The van der Waals surface area contributed by atoms with Crippen LogP contribution in [0.3, 0.4) is 0 Å². The monoisotopic (exact) mass is 307 g/mol. The SMILES string of the molecule is C[C@@H]1CCCC[C@@H]1NC(=S)NNc1ccc(C(=O)O)cc1. The molecule has 0 aliphatic heterocycles. The summed E-state index contributed by atoms with van der Waals surface area (Å²) in [6, 6.07) is 6.91. The fourth-order valence-corrected chi connectivity index (χ4v) is 2.76. The van der Waals surface area contributed by atoms with E-state index < -0.39 is 5.97 Å². The summed E-state index contributed by atoms with van der Waals surface area (Å²) in [6.07, 6.45) is 4.93. The summed E-state index contributed by atoms with van der Waals surface area (Å²) in [5.41, 5.74) is 6.93. The van der Waals surface area contributed by atoms with Gasteiger partial charge in [0.2, 0.25) is 0 Å². The molecule has 4 N–H and O–H groups in total. The summed E-state index contributed by atoms with van der Waals surface area (Å²) >= 11 is 5.28. The van der Waals surface area contributed by atoms with Crippen LogP contribution in [0, 0.1) is 5.92 Å². The van der Waals surface area contributed by atoms with E-state index in [4.69, 9.17) is 17.3 Å². The van der Waals surface area contributed by atoms with E-state index in [0.29, 0.717) is 17.1 Å². The number of aromatic carboxylic acids is 1. The van der Waals surface area contributed by atoms with E-state index in [9.17, 15) is 4.79 Å². The molecule has 0 aromatic heterocycles. The molecular formula is C15H21N3O2S. The lowest BCUT2D eigenvalue weighted by molar-refractivity contribution is 0.0697. The first-order valence-corrected chi connectivity index (χ1v) is 7.63. The molecule has 0 amide bonds. The van der Waals surface area contributed by atoms with Crippen LogP contribution in [0.1, 0.15) is 43.0 Å². The molecule has 21 heavy (non-hydrogen) atoms. The highest BCUT2D eigenvalue weighted by atomic mass is 32.1. The maximum atomic E-state index is 10.8. The molecule has 6 heteroatoms. The summed E-state index contributed by atoms with van der Waals surface area (Å²) in [4.78, 5) is 10.8. The number of hydrazine groups is 1. The van der Waals surface area contributed by atoms with Crippen molar-refractivity contribution >= 4 is 29.0 Å². The number of thiocarbonyl (C=S) groups is 1. The average molecular weight is 307 g/mol. The van der Waals surface area contributed by atoms with Gasteiger partial charge in [0.1, 0.15) is 0 Å². The fourth-order valence-electron chi connectivity index (χ4n) is 2.56. The van der Waals surface area contributed by atoms with Crippen molar-refractivity contribution in [1.29, 1.82) is 0 Å². The van der Waals surface area contributed by atoms with Crippen molar-refractivity contribution in [1.82, 2.24) is 10.7 Å². The van der Waals surface area contributed by atoms with Gasteiger partial charge in [-0.1, -0.05) is 19.8 Å². The van der Waals surface area contributed by atoms with Crippen LogP contribution in [0.4, 0.5) is 5.69 Å². The molecule has 5 nitrogen and oxygen atoms in total. The van der Waals surface area contributed by atoms with E-state index in [1.807, 2.05) is 0 Å². The molecule has 1 aromatic rings. The van der Waals surface area contributed by atoms with Crippen molar-refractivity contribution < 1.29 is 9.90 Å². The number of benzene rings is 1. The van der Waals surface area contributed by atoms with Crippen molar-refractivity contribution in [2.75, 3.05) is 5.43 Å². The largest absolute Gasteiger partial charge is 0.478 e. The van der Waals surface area contributed by atoms with Gasteiger partial charge in [0.25, 0.3) is 0 Å². The van der Waals surface area contributed by atoms with Gasteiger partial charge in [0, 0.05) is 6.04 Å².